The molecule has 1 fully saturated rings. The Kier molecular flexibility index (Phi) is 8.43. The van der Waals surface area contributed by atoms with Gasteiger partial charge in [0.15, 0.2) is 0 Å². The highest BCUT2D eigenvalue weighted by Gasteiger charge is 2.35. The first-order valence-electron chi connectivity index (χ1n) is 13.7. The van der Waals surface area contributed by atoms with Crippen molar-refractivity contribution in [1.29, 1.82) is 0 Å². The van der Waals surface area contributed by atoms with Crippen molar-refractivity contribution >= 4 is 29.0 Å². The van der Waals surface area contributed by atoms with E-state index in [0.29, 0.717) is 22.6 Å². The van der Waals surface area contributed by atoms with Gasteiger partial charge in [-0.2, -0.15) is 13.2 Å². The topological polar surface area (TPSA) is 157 Å². The van der Waals surface area contributed by atoms with Gasteiger partial charge in [0.05, 0.1) is 31.4 Å². The van der Waals surface area contributed by atoms with Crippen LogP contribution in [0.15, 0.2) is 48.9 Å². The normalized spacial score (nSPS) is 17.8. The lowest BCUT2D eigenvalue weighted by atomic mass is 10.1. The Morgan fingerprint density at radius 1 is 1.23 bits per heavy atom. The van der Waals surface area contributed by atoms with Crippen LogP contribution in [-0.2, 0) is 15.7 Å². The number of nitrogens with zero attached hydrogens (tertiary/aromatic N) is 5. The lowest BCUT2D eigenvalue weighted by molar-refractivity contribution is -0.152. The zero-order valence-electron chi connectivity index (χ0n) is 24.0. The quantitative estimate of drug-likeness (QED) is 0.283. The Balaban J connectivity index is 1.52. The summed E-state index contributed by atoms with van der Waals surface area (Å²) < 4.78 is 53.0. The molecule has 1 aliphatic rings. The number of morpholine rings is 1. The number of amides is 2. The van der Waals surface area contributed by atoms with Crippen LogP contribution in [0.1, 0.15) is 48.6 Å². The molecule has 3 aromatic heterocycles. The largest absolute Gasteiger partial charge is 0.493 e. The number of hydrogen-bond donors (Lipinski definition) is 3. The molecule has 0 aliphatic carbocycles. The lowest BCUT2D eigenvalue weighted by Gasteiger charge is -2.38. The number of halogens is 3. The number of alkyl halides is 3. The van der Waals surface area contributed by atoms with E-state index in [1.807, 2.05) is 6.92 Å². The third-order valence-electron chi connectivity index (χ3n) is 7.10. The van der Waals surface area contributed by atoms with E-state index in [1.165, 1.54) is 25.3 Å². The van der Waals surface area contributed by atoms with Crippen molar-refractivity contribution in [2.75, 3.05) is 30.8 Å². The number of pyridine rings is 1. The van der Waals surface area contributed by atoms with Gasteiger partial charge < -0.3 is 30.5 Å². The summed E-state index contributed by atoms with van der Waals surface area (Å²) in [6.07, 6.45) is -2.33. The number of rotatable bonds is 7. The van der Waals surface area contributed by atoms with Gasteiger partial charge in [0.1, 0.15) is 46.6 Å². The fourth-order valence-corrected chi connectivity index (χ4v) is 4.96. The highest BCUT2D eigenvalue weighted by molar-refractivity contribution is 6.04. The third-order valence-corrected chi connectivity index (χ3v) is 7.10. The number of anilines is 2. The summed E-state index contributed by atoms with van der Waals surface area (Å²) in [6.45, 7) is 5.54. The van der Waals surface area contributed by atoms with Crippen LogP contribution in [0.4, 0.5) is 24.8 Å². The van der Waals surface area contributed by atoms with E-state index in [4.69, 9.17) is 20.2 Å². The molecule has 15 heteroatoms. The molecule has 1 aromatic carbocycles. The molecule has 1 aliphatic heterocycles. The number of ether oxygens (including phenoxy) is 2. The first-order chi connectivity index (χ1) is 20.9. The maximum absolute atomic E-state index is 13.1. The highest BCUT2D eigenvalue weighted by atomic mass is 19.4. The van der Waals surface area contributed by atoms with Crippen LogP contribution in [-0.4, -0.2) is 73.1 Å². The van der Waals surface area contributed by atoms with E-state index in [0.717, 1.165) is 18.3 Å². The zero-order valence-corrected chi connectivity index (χ0v) is 24.0. The second kappa shape index (κ2) is 12.1. The number of carbonyl (C=O) groups is 2. The average molecular weight is 614 g/mol. The second-order valence-corrected chi connectivity index (χ2v) is 10.2. The maximum Gasteiger partial charge on any atom is 0.416 e. The van der Waals surface area contributed by atoms with Gasteiger partial charge in [0.25, 0.3) is 11.8 Å². The summed E-state index contributed by atoms with van der Waals surface area (Å²) in [5, 5.41) is 12.3. The Morgan fingerprint density at radius 2 is 2.00 bits per heavy atom. The minimum absolute atomic E-state index is 0.100. The van der Waals surface area contributed by atoms with E-state index >= 15 is 0 Å². The molecule has 3 atom stereocenters. The number of nitrogen functional groups attached to an aromatic ring is 1. The number of fused-ring (bicyclic) bond motifs is 1. The second-order valence-electron chi connectivity index (χ2n) is 10.2. The molecule has 12 nitrogen and oxygen atoms in total. The summed E-state index contributed by atoms with van der Waals surface area (Å²) in [4.78, 5) is 40.1. The predicted octanol–water partition coefficient (Wildman–Crippen LogP) is 3.71. The Hall–Kier alpha value is -4.76. The summed E-state index contributed by atoms with van der Waals surface area (Å²) in [6, 6.07) is 5.80. The Morgan fingerprint density at radius 3 is 2.70 bits per heavy atom. The number of aliphatic hydroxyl groups excluding tert-OH is 1. The standard InChI is InChI=1S/C29H30F3N7O5/c1-4-43-20-11-17(27(41)36-22-12-18(7-8-34-22)29(30,31)32)5-6-19(20)23-24-25(33)35-9-10-38(24)26(37-23)21-13-39(15(2)14-44-21)28(42)16(3)40/h5-12,15-16,21,40H,4,13-14H2,1-3H3,(H2,33,35)(H,34,36,41)/t15-,16-,21+/m0/s1. The van der Waals surface area contributed by atoms with Crippen LogP contribution < -0.4 is 15.8 Å². The monoisotopic (exact) mass is 613 g/mol. The molecule has 0 spiro atoms. The van der Waals surface area contributed by atoms with Crippen molar-refractivity contribution in [3.63, 3.8) is 0 Å². The summed E-state index contributed by atoms with van der Waals surface area (Å²) in [7, 11) is 0. The summed E-state index contributed by atoms with van der Waals surface area (Å²) in [5.41, 5.74) is 6.72. The van der Waals surface area contributed by atoms with Gasteiger partial charge in [0, 0.05) is 29.7 Å². The number of nitrogens with one attached hydrogen (secondary N) is 1. The van der Waals surface area contributed by atoms with Crippen LogP contribution in [0.3, 0.4) is 0 Å². The molecule has 232 valence electrons. The van der Waals surface area contributed by atoms with Gasteiger partial charge >= 0.3 is 6.18 Å². The fraction of sp³-hybridized carbons (Fsp3) is 0.345. The molecule has 0 bridgehead atoms. The zero-order chi connectivity index (χ0) is 31.8. The van der Waals surface area contributed by atoms with Crippen molar-refractivity contribution in [1.82, 2.24) is 24.3 Å². The molecule has 0 unspecified atom stereocenters. The van der Waals surface area contributed by atoms with Crippen LogP contribution >= 0.6 is 0 Å². The molecule has 0 radical (unpaired) electrons. The molecule has 44 heavy (non-hydrogen) atoms. The van der Waals surface area contributed by atoms with E-state index in [-0.39, 0.29) is 48.7 Å². The van der Waals surface area contributed by atoms with Gasteiger partial charge in [0.2, 0.25) is 0 Å². The number of carbonyl (C=O) groups excluding carboxylic acids is 2. The number of aromatic nitrogens is 4. The molecular formula is C29H30F3N7O5. The minimum atomic E-state index is -4.60. The summed E-state index contributed by atoms with van der Waals surface area (Å²) >= 11 is 0. The van der Waals surface area contributed by atoms with Crippen molar-refractivity contribution in [2.45, 2.75) is 45.2 Å². The molecule has 2 amide bonds. The van der Waals surface area contributed by atoms with Crippen LogP contribution in [0, 0.1) is 0 Å². The first kappa shape index (κ1) is 30.7. The number of hydrogen-bond acceptors (Lipinski definition) is 9. The van der Waals surface area contributed by atoms with Crippen molar-refractivity contribution in [2.24, 2.45) is 0 Å². The number of imidazole rings is 1. The SMILES string of the molecule is CCOc1cc(C(=O)Nc2cc(C(F)(F)F)ccn2)ccc1-c1nc([C@H]2CN(C(=O)[C@H](C)O)[C@@H](C)CO2)n2ccnc(N)c12. The Labute approximate surface area is 249 Å². The minimum Gasteiger partial charge on any atom is -0.493 e. The molecule has 4 heterocycles. The van der Waals surface area contributed by atoms with Crippen molar-refractivity contribution < 1.29 is 37.3 Å². The van der Waals surface area contributed by atoms with Crippen molar-refractivity contribution in [3.8, 4) is 17.0 Å². The van der Waals surface area contributed by atoms with Crippen molar-refractivity contribution in [3.05, 3.63) is 65.9 Å². The molecule has 4 N–H and O–H groups in total. The molecule has 4 aromatic rings. The smallest absolute Gasteiger partial charge is 0.416 e. The van der Waals surface area contributed by atoms with E-state index < -0.39 is 35.8 Å². The van der Waals surface area contributed by atoms with Gasteiger partial charge in [-0.15, -0.1) is 0 Å². The van der Waals surface area contributed by atoms with Crippen LogP contribution in [0.2, 0.25) is 0 Å². The van der Waals surface area contributed by atoms with Gasteiger partial charge in [-0.05, 0) is 51.1 Å². The molecule has 1 saturated heterocycles. The average Bonchev–Trinajstić information content (AvgIpc) is 3.37. The number of benzene rings is 1. The van der Waals surface area contributed by atoms with Crippen LogP contribution in [0.25, 0.3) is 16.8 Å². The first-order valence-corrected chi connectivity index (χ1v) is 13.7. The number of nitrogens with two attached hydrogens (primary N) is 1. The number of aliphatic hydroxyl groups is 1. The van der Waals surface area contributed by atoms with Crippen LogP contribution in [0.5, 0.6) is 5.75 Å². The highest BCUT2D eigenvalue weighted by Crippen LogP contribution is 2.38. The lowest BCUT2D eigenvalue weighted by Crippen LogP contribution is -2.51. The molecular weight excluding hydrogens is 583 g/mol. The van der Waals surface area contributed by atoms with Gasteiger partial charge in [-0.3, -0.25) is 14.0 Å². The molecule has 0 saturated carbocycles. The predicted molar refractivity (Wildman–Crippen MR) is 153 cm³/mol. The van der Waals surface area contributed by atoms with E-state index in [1.54, 1.807) is 28.5 Å². The Bertz CT molecular complexity index is 1710. The van der Waals surface area contributed by atoms with E-state index in [9.17, 15) is 27.9 Å². The van der Waals surface area contributed by atoms with Gasteiger partial charge in [-0.1, -0.05) is 0 Å². The molecule has 5 rings (SSSR count). The summed E-state index contributed by atoms with van der Waals surface area (Å²) in [5.74, 6) is -0.549. The fourth-order valence-electron chi connectivity index (χ4n) is 4.96. The van der Waals surface area contributed by atoms with E-state index in [2.05, 4.69) is 15.3 Å². The third kappa shape index (κ3) is 6.01. The maximum atomic E-state index is 13.1. The van der Waals surface area contributed by atoms with Gasteiger partial charge in [-0.25, -0.2) is 15.0 Å².